The Kier molecular flexibility index (Phi) is 3.71. The molecule has 1 aliphatic carbocycles. The van der Waals surface area contributed by atoms with E-state index in [1.165, 1.54) is 35.1 Å². The van der Waals surface area contributed by atoms with E-state index >= 15 is 0 Å². The quantitative estimate of drug-likeness (QED) is 0.850. The van der Waals surface area contributed by atoms with Gasteiger partial charge in [0.25, 0.3) is 5.91 Å². The summed E-state index contributed by atoms with van der Waals surface area (Å²) in [6.07, 6.45) is 2.33. The Bertz CT molecular complexity index is 481. The molecule has 1 heterocycles. The van der Waals surface area contributed by atoms with Crippen LogP contribution in [0.4, 0.5) is 0 Å². The second-order valence-electron chi connectivity index (χ2n) is 4.86. The number of amides is 1. The van der Waals surface area contributed by atoms with Gasteiger partial charge in [-0.25, -0.2) is 4.79 Å². The summed E-state index contributed by atoms with van der Waals surface area (Å²) in [6.45, 7) is 3.70. The monoisotopic (exact) mass is 267 g/mol. The molecule has 0 radical (unpaired) electrons. The molecule has 2 N–H and O–H groups in total. The molecule has 0 bridgehead atoms. The lowest BCUT2D eigenvalue weighted by Gasteiger charge is -2.16. The number of nitrogens with two attached hydrogens (primary N) is 1. The fourth-order valence-corrected chi connectivity index (χ4v) is 3.17. The Morgan fingerprint density at radius 2 is 2.28 bits per heavy atom. The van der Waals surface area contributed by atoms with Crippen LogP contribution < -0.4 is 5.73 Å². The molecule has 0 saturated heterocycles. The standard InChI is InChI=1S/C13H17NO3S/c1-7-3-4-10-9(5-7)6-11(18-10)13(16)17-8(2)12(14)15/h6-8H,3-5H2,1-2H3,(H2,14,15)/t7-,8-/m1/s1. The SMILES string of the molecule is C[C@@H]1CCc2sc(C(=O)O[C@H](C)C(N)=O)cc2C1. The van der Waals surface area contributed by atoms with Gasteiger partial charge in [0.1, 0.15) is 4.88 Å². The molecule has 4 nitrogen and oxygen atoms in total. The van der Waals surface area contributed by atoms with Gasteiger partial charge in [0, 0.05) is 4.88 Å². The van der Waals surface area contributed by atoms with Crippen LogP contribution in [0.2, 0.25) is 0 Å². The number of esters is 1. The summed E-state index contributed by atoms with van der Waals surface area (Å²) in [4.78, 5) is 24.5. The zero-order valence-electron chi connectivity index (χ0n) is 10.6. The summed E-state index contributed by atoms with van der Waals surface area (Å²) in [5, 5.41) is 0. The van der Waals surface area contributed by atoms with Crippen LogP contribution in [0, 0.1) is 5.92 Å². The van der Waals surface area contributed by atoms with Crippen molar-refractivity contribution in [2.45, 2.75) is 39.2 Å². The van der Waals surface area contributed by atoms with E-state index in [-0.39, 0.29) is 0 Å². The normalized spacial score (nSPS) is 20.0. The van der Waals surface area contributed by atoms with Gasteiger partial charge in [-0.05, 0) is 43.7 Å². The Morgan fingerprint density at radius 3 is 2.94 bits per heavy atom. The number of carbonyl (C=O) groups is 2. The second-order valence-corrected chi connectivity index (χ2v) is 5.99. The highest BCUT2D eigenvalue weighted by Crippen LogP contribution is 2.32. The van der Waals surface area contributed by atoms with E-state index in [1.54, 1.807) is 0 Å². The van der Waals surface area contributed by atoms with Gasteiger partial charge in [-0.2, -0.15) is 0 Å². The minimum Gasteiger partial charge on any atom is -0.448 e. The molecule has 98 valence electrons. The minimum absolute atomic E-state index is 0.451. The first-order valence-electron chi connectivity index (χ1n) is 6.09. The van der Waals surface area contributed by atoms with Crippen molar-refractivity contribution < 1.29 is 14.3 Å². The van der Waals surface area contributed by atoms with Crippen molar-refractivity contribution >= 4 is 23.2 Å². The lowest BCUT2D eigenvalue weighted by atomic mass is 9.90. The molecule has 0 spiro atoms. The smallest absolute Gasteiger partial charge is 0.349 e. The molecule has 0 fully saturated rings. The Balaban J connectivity index is 2.10. The summed E-state index contributed by atoms with van der Waals surface area (Å²) < 4.78 is 5.00. The maximum Gasteiger partial charge on any atom is 0.349 e. The molecule has 1 aromatic heterocycles. The van der Waals surface area contributed by atoms with Crippen molar-refractivity contribution in [2.24, 2.45) is 11.7 Å². The molecule has 1 amide bonds. The number of ether oxygens (including phenoxy) is 1. The highest BCUT2D eigenvalue weighted by Gasteiger charge is 2.23. The van der Waals surface area contributed by atoms with Crippen LogP contribution in [0.1, 0.15) is 40.4 Å². The largest absolute Gasteiger partial charge is 0.448 e. The van der Waals surface area contributed by atoms with Gasteiger partial charge in [0.2, 0.25) is 0 Å². The van der Waals surface area contributed by atoms with Crippen LogP contribution in [0.5, 0.6) is 0 Å². The third-order valence-electron chi connectivity index (χ3n) is 3.21. The fourth-order valence-electron chi connectivity index (χ4n) is 2.08. The Labute approximate surface area is 110 Å². The first kappa shape index (κ1) is 13.1. The minimum atomic E-state index is -0.879. The number of hydrogen-bond donors (Lipinski definition) is 1. The zero-order valence-corrected chi connectivity index (χ0v) is 11.4. The van der Waals surface area contributed by atoms with Crippen molar-refractivity contribution in [3.05, 3.63) is 21.4 Å². The average molecular weight is 267 g/mol. The molecule has 5 heteroatoms. The first-order valence-corrected chi connectivity index (χ1v) is 6.91. The summed E-state index contributed by atoms with van der Waals surface area (Å²) in [6, 6.07) is 1.89. The number of hydrogen-bond acceptors (Lipinski definition) is 4. The van der Waals surface area contributed by atoms with E-state index in [0.717, 1.165) is 12.8 Å². The third-order valence-corrected chi connectivity index (χ3v) is 4.43. The molecule has 1 aromatic rings. The molecule has 0 aliphatic heterocycles. The van der Waals surface area contributed by atoms with Gasteiger partial charge >= 0.3 is 5.97 Å². The van der Waals surface area contributed by atoms with E-state index in [4.69, 9.17) is 10.5 Å². The summed E-state index contributed by atoms with van der Waals surface area (Å²) in [5.74, 6) is -0.410. The maximum atomic E-state index is 11.8. The van der Waals surface area contributed by atoms with Gasteiger partial charge in [-0.15, -0.1) is 11.3 Å². The lowest BCUT2D eigenvalue weighted by molar-refractivity contribution is -0.125. The Morgan fingerprint density at radius 1 is 1.56 bits per heavy atom. The molecule has 0 saturated carbocycles. The van der Waals surface area contributed by atoms with E-state index in [2.05, 4.69) is 6.92 Å². The van der Waals surface area contributed by atoms with Crippen LogP contribution in [0.15, 0.2) is 6.07 Å². The van der Waals surface area contributed by atoms with E-state index in [0.29, 0.717) is 10.8 Å². The maximum absolute atomic E-state index is 11.8. The topological polar surface area (TPSA) is 69.4 Å². The predicted octanol–water partition coefficient (Wildman–Crippen LogP) is 1.90. The van der Waals surface area contributed by atoms with Crippen molar-refractivity contribution in [3.8, 4) is 0 Å². The number of aryl methyl sites for hydroxylation is 1. The number of primary amides is 1. The number of rotatable bonds is 3. The van der Waals surface area contributed by atoms with Gasteiger partial charge in [-0.3, -0.25) is 4.79 Å². The van der Waals surface area contributed by atoms with Crippen molar-refractivity contribution in [3.63, 3.8) is 0 Å². The van der Waals surface area contributed by atoms with Crippen LogP contribution >= 0.6 is 11.3 Å². The molecule has 2 atom stereocenters. The molecule has 1 aliphatic rings. The molecular weight excluding hydrogens is 250 g/mol. The molecular formula is C13H17NO3S. The second kappa shape index (κ2) is 5.10. The lowest BCUT2D eigenvalue weighted by Crippen LogP contribution is -2.30. The Hall–Kier alpha value is -1.36. The number of thiophene rings is 1. The van der Waals surface area contributed by atoms with E-state index < -0.39 is 18.0 Å². The third kappa shape index (κ3) is 2.72. The molecule has 18 heavy (non-hydrogen) atoms. The first-order chi connectivity index (χ1) is 8.47. The van der Waals surface area contributed by atoms with Gasteiger partial charge < -0.3 is 10.5 Å². The molecule has 0 unspecified atom stereocenters. The van der Waals surface area contributed by atoms with Crippen LogP contribution in [0.3, 0.4) is 0 Å². The van der Waals surface area contributed by atoms with Crippen LogP contribution in [-0.4, -0.2) is 18.0 Å². The van der Waals surface area contributed by atoms with Gasteiger partial charge in [0.15, 0.2) is 6.10 Å². The average Bonchev–Trinajstić information content (AvgIpc) is 2.71. The number of carbonyl (C=O) groups excluding carboxylic acids is 2. The van der Waals surface area contributed by atoms with Gasteiger partial charge in [0.05, 0.1) is 0 Å². The van der Waals surface area contributed by atoms with Crippen molar-refractivity contribution in [1.29, 1.82) is 0 Å². The van der Waals surface area contributed by atoms with Crippen LogP contribution in [-0.2, 0) is 22.4 Å². The summed E-state index contributed by atoms with van der Waals surface area (Å²) >= 11 is 1.47. The van der Waals surface area contributed by atoms with Gasteiger partial charge in [-0.1, -0.05) is 6.92 Å². The van der Waals surface area contributed by atoms with Crippen molar-refractivity contribution in [2.75, 3.05) is 0 Å². The van der Waals surface area contributed by atoms with E-state index in [1.807, 2.05) is 6.07 Å². The zero-order chi connectivity index (χ0) is 13.3. The summed E-state index contributed by atoms with van der Waals surface area (Å²) in [5.41, 5.74) is 6.31. The van der Waals surface area contributed by atoms with Crippen LogP contribution in [0.25, 0.3) is 0 Å². The highest BCUT2D eigenvalue weighted by molar-refractivity contribution is 7.14. The predicted molar refractivity (Wildman–Crippen MR) is 69.6 cm³/mol. The molecule has 0 aromatic carbocycles. The number of fused-ring (bicyclic) bond motifs is 1. The highest BCUT2D eigenvalue weighted by atomic mass is 32.1. The van der Waals surface area contributed by atoms with E-state index in [9.17, 15) is 9.59 Å². The summed E-state index contributed by atoms with van der Waals surface area (Å²) in [7, 11) is 0. The fraction of sp³-hybridized carbons (Fsp3) is 0.538. The van der Waals surface area contributed by atoms with Crippen molar-refractivity contribution in [1.82, 2.24) is 0 Å². The molecule has 2 rings (SSSR count).